The number of nitrogens with one attached hydrogen (secondary N) is 4. The summed E-state index contributed by atoms with van der Waals surface area (Å²) < 4.78 is 0. The fraction of sp³-hybridized carbons (Fsp3) is 0.700. The Morgan fingerprint density at radius 2 is 1.09 bits per heavy atom. The lowest BCUT2D eigenvalue weighted by Gasteiger charge is -2.32. The van der Waals surface area contributed by atoms with E-state index in [1.807, 2.05) is 52.5 Å². The molecule has 14 nitrogen and oxygen atoms in total. The van der Waals surface area contributed by atoms with E-state index in [1.54, 1.807) is 13.8 Å². The standard InChI is InChI=1S/2C10H18N4O3/c2*1-6(13-17-5)10(14-16)7(9(2,3)4)11-12-8(10)15/h2*14,16H,1-5H3,(H,12,15)/b2*13-6+. The summed E-state index contributed by atoms with van der Waals surface area (Å²) in [7, 11) is 2.74. The van der Waals surface area contributed by atoms with Crippen molar-refractivity contribution in [2.45, 2.75) is 66.5 Å². The quantitative estimate of drug-likeness (QED) is 0.232. The molecule has 2 aliphatic rings. The van der Waals surface area contributed by atoms with Crippen LogP contribution < -0.4 is 21.8 Å². The smallest absolute Gasteiger partial charge is 0.274 e. The van der Waals surface area contributed by atoms with Crippen LogP contribution in [0.2, 0.25) is 0 Å². The monoisotopic (exact) mass is 484 g/mol. The highest BCUT2D eigenvalue weighted by Gasteiger charge is 2.55. The highest BCUT2D eigenvalue weighted by molar-refractivity contribution is 6.35. The number of carbonyl (C=O) groups excluding carboxylic acids is 2. The van der Waals surface area contributed by atoms with E-state index in [-0.39, 0.29) is 11.4 Å². The summed E-state index contributed by atoms with van der Waals surface area (Å²) in [5.41, 5.74) is 6.44. The minimum absolute atomic E-state index is 0.283. The van der Waals surface area contributed by atoms with Crippen molar-refractivity contribution in [3.8, 4) is 0 Å². The molecule has 2 atom stereocenters. The van der Waals surface area contributed by atoms with E-state index in [4.69, 9.17) is 0 Å². The molecule has 192 valence electrons. The molecule has 0 saturated heterocycles. The van der Waals surface area contributed by atoms with Gasteiger partial charge in [-0.3, -0.25) is 9.59 Å². The van der Waals surface area contributed by atoms with Gasteiger partial charge in [-0.15, -0.1) is 0 Å². The largest absolute Gasteiger partial charge is 0.399 e. The Kier molecular flexibility index (Phi) is 9.02. The van der Waals surface area contributed by atoms with Gasteiger partial charge < -0.3 is 20.1 Å². The number of carbonyl (C=O) groups is 2. The predicted molar refractivity (Wildman–Crippen MR) is 126 cm³/mol. The zero-order valence-corrected chi connectivity index (χ0v) is 21.3. The van der Waals surface area contributed by atoms with Crippen LogP contribution in [0.1, 0.15) is 55.4 Å². The van der Waals surface area contributed by atoms with Crippen LogP contribution in [0, 0.1) is 10.8 Å². The summed E-state index contributed by atoms with van der Waals surface area (Å²) in [4.78, 5) is 33.1. The first-order valence-corrected chi connectivity index (χ1v) is 10.4. The number of oxime groups is 2. The molecule has 2 rings (SSSR count). The maximum absolute atomic E-state index is 11.9. The molecule has 2 aliphatic heterocycles. The van der Waals surface area contributed by atoms with Gasteiger partial charge in [-0.2, -0.15) is 21.2 Å². The summed E-state index contributed by atoms with van der Waals surface area (Å²) >= 11 is 0. The molecule has 0 bridgehead atoms. The van der Waals surface area contributed by atoms with Crippen LogP contribution in [0.15, 0.2) is 20.5 Å². The van der Waals surface area contributed by atoms with Gasteiger partial charge in [0, 0.05) is 10.8 Å². The second kappa shape index (κ2) is 10.5. The van der Waals surface area contributed by atoms with Gasteiger partial charge in [-0.1, -0.05) is 51.9 Å². The zero-order valence-electron chi connectivity index (χ0n) is 21.3. The van der Waals surface area contributed by atoms with Gasteiger partial charge in [0.2, 0.25) is 11.1 Å². The molecule has 0 fully saturated rings. The van der Waals surface area contributed by atoms with Crippen molar-refractivity contribution < 1.29 is 29.7 Å². The molecule has 6 N–H and O–H groups in total. The molecule has 0 saturated carbocycles. The zero-order chi connectivity index (χ0) is 26.5. The van der Waals surface area contributed by atoms with Crippen LogP contribution >= 0.6 is 0 Å². The number of nitrogens with zero attached hydrogens (tertiary/aromatic N) is 4. The van der Waals surface area contributed by atoms with Crippen LogP contribution in [0.5, 0.6) is 0 Å². The summed E-state index contributed by atoms with van der Waals surface area (Å²) in [6, 6.07) is 0. The molecule has 34 heavy (non-hydrogen) atoms. The third-order valence-corrected chi connectivity index (χ3v) is 5.23. The highest BCUT2D eigenvalue weighted by Crippen LogP contribution is 2.30. The maximum Gasteiger partial charge on any atom is 0.274 e. The first-order chi connectivity index (χ1) is 15.6. The Labute approximate surface area is 198 Å². The molecular weight excluding hydrogens is 448 g/mol. The average molecular weight is 485 g/mol. The third kappa shape index (κ3) is 5.09. The molecule has 2 unspecified atom stereocenters. The minimum Gasteiger partial charge on any atom is -0.399 e. The van der Waals surface area contributed by atoms with E-state index in [9.17, 15) is 20.0 Å². The summed E-state index contributed by atoms with van der Waals surface area (Å²) in [5, 5.41) is 34.2. The molecule has 2 amide bonds. The topological polar surface area (TPSA) is 191 Å². The number of hydrazone groups is 2. The van der Waals surface area contributed by atoms with E-state index >= 15 is 0 Å². The molecule has 2 heterocycles. The first-order valence-electron chi connectivity index (χ1n) is 10.4. The Balaban J connectivity index is 0.000000340. The van der Waals surface area contributed by atoms with Gasteiger partial charge >= 0.3 is 0 Å². The number of amides is 2. The second-order valence-corrected chi connectivity index (χ2v) is 9.74. The summed E-state index contributed by atoms with van der Waals surface area (Å²) in [6.07, 6.45) is 0. The van der Waals surface area contributed by atoms with Crippen molar-refractivity contribution >= 4 is 34.7 Å². The van der Waals surface area contributed by atoms with Gasteiger partial charge in [0.1, 0.15) is 14.2 Å². The predicted octanol–water partition coefficient (Wildman–Crippen LogP) is 0.516. The van der Waals surface area contributed by atoms with Crippen LogP contribution in [-0.4, -0.2) is 70.4 Å². The van der Waals surface area contributed by atoms with Gasteiger partial charge in [0.05, 0.1) is 22.8 Å². The van der Waals surface area contributed by atoms with E-state index in [1.165, 1.54) is 14.2 Å². The van der Waals surface area contributed by atoms with Crippen molar-refractivity contribution in [1.29, 1.82) is 0 Å². The van der Waals surface area contributed by atoms with Crippen LogP contribution in [-0.2, 0) is 19.3 Å². The van der Waals surface area contributed by atoms with Crippen molar-refractivity contribution in [3.63, 3.8) is 0 Å². The van der Waals surface area contributed by atoms with Crippen LogP contribution in [0.3, 0.4) is 0 Å². The van der Waals surface area contributed by atoms with E-state index in [0.717, 1.165) is 0 Å². The Hall–Kier alpha value is -2.94. The van der Waals surface area contributed by atoms with Crippen molar-refractivity contribution in [3.05, 3.63) is 0 Å². The molecule has 14 heteroatoms. The van der Waals surface area contributed by atoms with E-state index in [0.29, 0.717) is 11.4 Å². The summed E-state index contributed by atoms with van der Waals surface area (Å²) in [5.74, 6) is -0.966. The van der Waals surface area contributed by atoms with Gasteiger partial charge in [-0.05, 0) is 13.8 Å². The number of hydrogen-bond donors (Lipinski definition) is 6. The second-order valence-electron chi connectivity index (χ2n) is 9.74. The third-order valence-electron chi connectivity index (χ3n) is 5.23. The van der Waals surface area contributed by atoms with Crippen molar-refractivity contribution in [2.24, 2.45) is 31.3 Å². The lowest BCUT2D eigenvalue weighted by atomic mass is 9.75. The first kappa shape index (κ1) is 29.1. The number of hydroxylamine groups is 2. The number of rotatable bonds is 6. The van der Waals surface area contributed by atoms with Gasteiger partial charge in [0.15, 0.2) is 0 Å². The van der Waals surface area contributed by atoms with E-state index in [2.05, 4.69) is 41.0 Å². The lowest BCUT2D eigenvalue weighted by molar-refractivity contribution is -0.125. The molecule has 0 aromatic carbocycles. The molecule has 0 spiro atoms. The molecule has 0 aliphatic carbocycles. The van der Waals surface area contributed by atoms with Gasteiger partial charge in [0.25, 0.3) is 11.8 Å². The van der Waals surface area contributed by atoms with Crippen molar-refractivity contribution in [1.82, 2.24) is 21.8 Å². The fourth-order valence-corrected chi connectivity index (χ4v) is 3.68. The van der Waals surface area contributed by atoms with Crippen molar-refractivity contribution in [2.75, 3.05) is 14.2 Å². The lowest BCUT2D eigenvalue weighted by Crippen LogP contribution is -2.63. The SMILES string of the molecule is CO/N=C(\C)C1(NO)C(=O)NN=C1C(C)(C)C.CO/N=C(\C)C1(NO)C(=O)NN=C1C(C)(C)C. The average Bonchev–Trinajstić information content (AvgIpc) is 3.26. The van der Waals surface area contributed by atoms with Gasteiger partial charge in [-0.25, -0.2) is 10.9 Å². The summed E-state index contributed by atoms with van der Waals surface area (Å²) in [6.45, 7) is 14.5. The van der Waals surface area contributed by atoms with E-state index < -0.39 is 33.7 Å². The molecule has 0 radical (unpaired) electrons. The molecule has 0 aromatic rings. The van der Waals surface area contributed by atoms with Crippen LogP contribution in [0.4, 0.5) is 0 Å². The maximum atomic E-state index is 11.9. The molecule has 0 aromatic heterocycles. The highest BCUT2D eigenvalue weighted by atomic mass is 16.6. The van der Waals surface area contributed by atoms with Crippen LogP contribution in [0.25, 0.3) is 0 Å². The molecular formula is C20H36N8O6. The minimum atomic E-state index is -1.46. The Bertz CT molecular complexity index is 841. The normalized spacial score (nSPS) is 25.6. The Morgan fingerprint density at radius 3 is 1.29 bits per heavy atom. The Morgan fingerprint density at radius 1 is 0.794 bits per heavy atom. The fourth-order valence-electron chi connectivity index (χ4n) is 3.68. The number of hydrogen-bond acceptors (Lipinski definition) is 12.